The first-order chi connectivity index (χ1) is 21.2. The minimum Gasteiger partial charge on any atom is -0.364 e. The Labute approximate surface area is 260 Å². The molecule has 0 atom stereocenters. The lowest BCUT2D eigenvalue weighted by Gasteiger charge is -2.23. The summed E-state index contributed by atoms with van der Waals surface area (Å²) in [6.45, 7) is 6.78. The number of primary amides is 1. The highest BCUT2D eigenvalue weighted by molar-refractivity contribution is 5.93. The van der Waals surface area contributed by atoms with E-state index in [-0.39, 0.29) is 11.6 Å². The van der Waals surface area contributed by atoms with Crippen LogP contribution in [-0.4, -0.2) is 77.4 Å². The number of rotatable bonds is 11. The lowest BCUT2D eigenvalue weighted by Crippen LogP contribution is -2.30. The van der Waals surface area contributed by atoms with Crippen LogP contribution in [0.1, 0.15) is 54.1 Å². The molecule has 2 N–H and O–H groups in total. The van der Waals surface area contributed by atoms with Crippen LogP contribution in [0.25, 0.3) is 22.5 Å². The molecule has 4 aromatic rings. The van der Waals surface area contributed by atoms with Gasteiger partial charge in [-0.3, -0.25) is 9.59 Å². The lowest BCUT2D eigenvalue weighted by molar-refractivity contribution is 0.0821. The van der Waals surface area contributed by atoms with Crippen molar-refractivity contribution in [3.63, 3.8) is 0 Å². The molecule has 1 aliphatic carbocycles. The Hall–Kier alpha value is -4.86. The van der Waals surface area contributed by atoms with Crippen LogP contribution in [0.3, 0.4) is 0 Å². The summed E-state index contributed by atoms with van der Waals surface area (Å²) < 4.78 is 0. The van der Waals surface area contributed by atoms with Crippen molar-refractivity contribution in [1.82, 2.24) is 24.8 Å². The summed E-state index contributed by atoms with van der Waals surface area (Å²) >= 11 is 0. The Morgan fingerprint density at radius 2 is 1.30 bits per heavy atom. The molecular formula is C34H42N8O2. The molecule has 2 heterocycles. The highest BCUT2D eigenvalue weighted by Gasteiger charge is 2.26. The molecular weight excluding hydrogens is 552 g/mol. The van der Waals surface area contributed by atoms with Gasteiger partial charge in [0, 0.05) is 51.9 Å². The number of nitrogens with two attached hydrogens (primary N) is 1. The normalized spacial score (nSPS) is 12.1. The largest absolute Gasteiger partial charge is 0.364 e. The van der Waals surface area contributed by atoms with Gasteiger partial charge in [0.05, 0.1) is 11.4 Å². The molecule has 0 bridgehead atoms. The monoisotopic (exact) mass is 594 g/mol. The third-order valence-electron chi connectivity index (χ3n) is 7.21. The fourth-order valence-corrected chi connectivity index (χ4v) is 4.46. The van der Waals surface area contributed by atoms with Gasteiger partial charge in [0.15, 0.2) is 0 Å². The van der Waals surface area contributed by atoms with Crippen molar-refractivity contribution in [2.45, 2.75) is 33.1 Å². The number of carbonyl (C=O) groups is 2. The summed E-state index contributed by atoms with van der Waals surface area (Å²) in [4.78, 5) is 47.6. The van der Waals surface area contributed by atoms with Gasteiger partial charge in [0.1, 0.15) is 11.4 Å². The van der Waals surface area contributed by atoms with E-state index in [1.807, 2.05) is 79.5 Å². The molecule has 1 fully saturated rings. The van der Waals surface area contributed by atoms with Crippen molar-refractivity contribution in [2.24, 2.45) is 11.7 Å². The summed E-state index contributed by atoms with van der Waals surface area (Å²) in [5.41, 5.74) is 9.42. The number of carbonyl (C=O) groups excluding carboxylic acids is 2. The van der Waals surface area contributed by atoms with Crippen LogP contribution in [0.5, 0.6) is 0 Å². The van der Waals surface area contributed by atoms with Gasteiger partial charge < -0.3 is 20.4 Å². The average molecular weight is 595 g/mol. The third-order valence-corrected chi connectivity index (χ3v) is 7.21. The molecule has 44 heavy (non-hydrogen) atoms. The number of anilines is 2. The molecule has 2 aromatic heterocycles. The molecule has 230 valence electrons. The second kappa shape index (κ2) is 15.0. The van der Waals surface area contributed by atoms with Crippen LogP contribution in [0.4, 0.5) is 11.9 Å². The van der Waals surface area contributed by atoms with Gasteiger partial charge >= 0.3 is 0 Å². The van der Waals surface area contributed by atoms with E-state index >= 15 is 0 Å². The van der Waals surface area contributed by atoms with Crippen LogP contribution >= 0.6 is 0 Å². The minimum absolute atomic E-state index is 0.0938. The number of hydrogen-bond donors (Lipinski definition) is 1. The predicted molar refractivity (Wildman–Crippen MR) is 176 cm³/mol. The van der Waals surface area contributed by atoms with Crippen LogP contribution in [0, 0.1) is 5.92 Å². The van der Waals surface area contributed by atoms with E-state index in [4.69, 9.17) is 10.7 Å². The average Bonchev–Trinajstić information content (AvgIpc) is 3.88. The summed E-state index contributed by atoms with van der Waals surface area (Å²) in [6.07, 6.45) is 3.59. The number of aromatic nitrogens is 4. The minimum atomic E-state index is -0.551. The maximum Gasteiger partial charge on any atom is 0.272 e. The van der Waals surface area contributed by atoms with E-state index in [0.29, 0.717) is 23.3 Å². The summed E-state index contributed by atoms with van der Waals surface area (Å²) in [6, 6.07) is 23.0. The Morgan fingerprint density at radius 1 is 0.773 bits per heavy atom. The maximum atomic E-state index is 12.5. The first kappa shape index (κ1) is 32.1. The molecule has 10 heteroatoms. The Bertz CT molecular complexity index is 1540. The van der Waals surface area contributed by atoms with Crippen LogP contribution in [0.2, 0.25) is 0 Å². The number of hydrogen-bond acceptors (Lipinski definition) is 8. The highest BCUT2D eigenvalue weighted by atomic mass is 16.2. The van der Waals surface area contributed by atoms with Gasteiger partial charge in [-0.1, -0.05) is 67.6 Å². The Kier molecular flexibility index (Phi) is 11.0. The van der Waals surface area contributed by atoms with E-state index in [1.165, 1.54) is 12.8 Å². The molecule has 10 nitrogen and oxygen atoms in total. The van der Waals surface area contributed by atoms with Crippen LogP contribution in [-0.2, 0) is 0 Å². The Morgan fingerprint density at radius 3 is 1.77 bits per heavy atom. The number of amides is 2. The zero-order chi connectivity index (χ0) is 31.6. The first-order valence-electron chi connectivity index (χ1n) is 15.1. The predicted octanol–water partition coefficient (Wildman–Crippen LogP) is 5.17. The van der Waals surface area contributed by atoms with E-state index in [9.17, 15) is 9.59 Å². The van der Waals surface area contributed by atoms with Gasteiger partial charge in [-0.2, -0.15) is 0 Å². The zero-order valence-corrected chi connectivity index (χ0v) is 26.3. The Balaban J connectivity index is 0.000000209. The topological polar surface area (TPSA) is 121 Å². The maximum absolute atomic E-state index is 12.5. The van der Waals surface area contributed by atoms with Crippen molar-refractivity contribution in [3.8, 4) is 22.5 Å². The van der Waals surface area contributed by atoms with Gasteiger partial charge in [-0.25, -0.2) is 19.9 Å². The quantitative estimate of drug-likeness (QED) is 0.252. The van der Waals surface area contributed by atoms with Crippen LogP contribution in [0.15, 0.2) is 72.8 Å². The smallest absolute Gasteiger partial charge is 0.272 e. The molecule has 2 amide bonds. The number of benzene rings is 2. The van der Waals surface area contributed by atoms with Crippen LogP contribution < -0.4 is 15.5 Å². The van der Waals surface area contributed by atoms with Gasteiger partial charge in [0.25, 0.3) is 11.8 Å². The molecule has 5 rings (SSSR count). The van der Waals surface area contributed by atoms with E-state index < -0.39 is 5.91 Å². The lowest BCUT2D eigenvalue weighted by atomic mass is 10.1. The van der Waals surface area contributed by atoms with Crippen molar-refractivity contribution in [1.29, 1.82) is 0 Å². The SMILES string of the molecule is CCCN(CC1CC1)c1nc(C(=O)N(C)C)cc(-c2ccccc2)n1.CCN(C)c1nc(C(N)=O)cc(-c2ccccc2)n1. The molecule has 1 saturated carbocycles. The van der Waals surface area contributed by atoms with Gasteiger partial charge in [0.2, 0.25) is 11.9 Å². The van der Waals surface area contributed by atoms with Gasteiger partial charge in [-0.05, 0) is 44.2 Å². The molecule has 2 aromatic carbocycles. The first-order valence-corrected chi connectivity index (χ1v) is 15.1. The third kappa shape index (κ3) is 8.59. The standard InChI is InChI=1S/C20H26N4O.C14H16N4O/c1-4-12-24(14-15-10-11-15)20-21-17(16-8-6-5-7-9-16)13-18(22-20)19(25)23(2)3;1-3-18(2)14-16-11(9-12(17-14)13(15)19)10-7-5-4-6-8-10/h5-9,13,15H,4,10-12,14H2,1-3H3;4-9H,3H2,1-2H3,(H2,15,19). The molecule has 0 spiro atoms. The highest BCUT2D eigenvalue weighted by Crippen LogP contribution is 2.31. The van der Waals surface area contributed by atoms with Crippen molar-refractivity contribution < 1.29 is 9.59 Å². The number of nitrogens with zero attached hydrogens (tertiary/aromatic N) is 7. The van der Waals surface area contributed by atoms with Crippen molar-refractivity contribution in [2.75, 3.05) is 50.6 Å². The molecule has 0 saturated heterocycles. The summed E-state index contributed by atoms with van der Waals surface area (Å²) in [7, 11) is 5.37. The van der Waals surface area contributed by atoms with E-state index in [1.54, 1.807) is 31.1 Å². The molecule has 0 aliphatic heterocycles. The van der Waals surface area contributed by atoms with Crippen molar-refractivity contribution in [3.05, 3.63) is 84.2 Å². The van der Waals surface area contributed by atoms with Gasteiger partial charge in [-0.15, -0.1) is 0 Å². The molecule has 1 aliphatic rings. The second-order valence-electron chi connectivity index (χ2n) is 11.1. The fraction of sp³-hybridized carbons (Fsp3) is 0.353. The van der Waals surface area contributed by atoms with Crippen molar-refractivity contribution >= 4 is 23.7 Å². The van der Waals surface area contributed by atoms with E-state index in [2.05, 4.69) is 26.8 Å². The fourth-order valence-electron chi connectivity index (χ4n) is 4.46. The molecule has 0 unspecified atom stereocenters. The van der Waals surface area contributed by atoms with E-state index in [0.717, 1.165) is 48.8 Å². The summed E-state index contributed by atoms with van der Waals surface area (Å²) in [5.74, 6) is 1.26. The zero-order valence-electron chi connectivity index (χ0n) is 26.3. The second-order valence-corrected chi connectivity index (χ2v) is 11.1. The summed E-state index contributed by atoms with van der Waals surface area (Å²) in [5, 5.41) is 0. The molecule has 0 radical (unpaired) electrons.